The second kappa shape index (κ2) is 5.64. The van der Waals surface area contributed by atoms with Crippen LogP contribution in [0.2, 0.25) is 0 Å². The molecule has 1 atom stereocenters. The largest absolute Gasteiger partial charge is 0.359 e. The first-order valence-corrected chi connectivity index (χ1v) is 7.37. The summed E-state index contributed by atoms with van der Waals surface area (Å²) in [6, 6.07) is 12.2. The Hall–Kier alpha value is -2.62. The van der Waals surface area contributed by atoms with Gasteiger partial charge in [-0.2, -0.15) is 5.10 Å². The predicted molar refractivity (Wildman–Crippen MR) is 88.7 cm³/mol. The molecule has 0 aliphatic carbocycles. The number of aromatic nitrogens is 1. The maximum atomic E-state index is 12.1. The molecule has 2 aromatic rings. The third kappa shape index (κ3) is 2.60. The van der Waals surface area contributed by atoms with Crippen LogP contribution in [0.4, 0.5) is 0 Å². The van der Waals surface area contributed by atoms with E-state index >= 15 is 0 Å². The van der Waals surface area contributed by atoms with Crippen LogP contribution in [-0.4, -0.2) is 16.6 Å². The van der Waals surface area contributed by atoms with Gasteiger partial charge in [0, 0.05) is 17.3 Å². The normalized spacial score (nSPS) is 17.5. The number of benzene rings is 1. The lowest BCUT2D eigenvalue weighted by Gasteiger charge is -2.11. The van der Waals surface area contributed by atoms with Crippen LogP contribution in [0.3, 0.4) is 0 Å². The molecule has 1 aromatic carbocycles. The van der Waals surface area contributed by atoms with Crippen molar-refractivity contribution in [1.29, 1.82) is 0 Å². The summed E-state index contributed by atoms with van der Waals surface area (Å²) in [7, 11) is 0. The fourth-order valence-corrected chi connectivity index (χ4v) is 2.76. The number of nitrogens with one attached hydrogen (secondary N) is 2. The Kier molecular flexibility index (Phi) is 3.67. The van der Waals surface area contributed by atoms with Crippen LogP contribution in [0.1, 0.15) is 35.4 Å². The first kappa shape index (κ1) is 14.3. The standard InChI is InChI=1S/C18H19N3O/c1-11-9-12(2)19-16(11)10-15-17(20-21-18(15)22)13(3)14-7-5-4-6-8-14/h4-10,13,19H,1-3H3,(H,21,22)/b15-10+. The van der Waals surface area contributed by atoms with Crippen LogP contribution in [0.25, 0.3) is 6.08 Å². The maximum Gasteiger partial charge on any atom is 0.273 e. The van der Waals surface area contributed by atoms with E-state index in [1.54, 1.807) is 0 Å². The monoisotopic (exact) mass is 293 g/mol. The van der Waals surface area contributed by atoms with Crippen molar-refractivity contribution in [3.05, 3.63) is 64.5 Å². The van der Waals surface area contributed by atoms with Gasteiger partial charge in [0.05, 0.1) is 11.3 Å². The Morgan fingerprint density at radius 1 is 1.18 bits per heavy atom. The molecule has 0 saturated carbocycles. The van der Waals surface area contributed by atoms with Gasteiger partial charge in [-0.25, -0.2) is 5.43 Å². The molecular formula is C18H19N3O. The van der Waals surface area contributed by atoms with Gasteiger partial charge in [-0.3, -0.25) is 4.79 Å². The lowest BCUT2D eigenvalue weighted by Crippen LogP contribution is -2.15. The van der Waals surface area contributed by atoms with Crippen molar-refractivity contribution in [3.8, 4) is 0 Å². The van der Waals surface area contributed by atoms with E-state index in [0.717, 1.165) is 28.2 Å². The van der Waals surface area contributed by atoms with Gasteiger partial charge in [0.25, 0.3) is 5.91 Å². The van der Waals surface area contributed by atoms with Crippen molar-refractivity contribution in [3.63, 3.8) is 0 Å². The van der Waals surface area contributed by atoms with Crippen LogP contribution < -0.4 is 5.43 Å². The van der Waals surface area contributed by atoms with E-state index < -0.39 is 0 Å². The second-order valence-electron chi connectivity index (χ2n) is 5.68. The van der Waals surface area contributed by atoms with Crippen LogP contribution in [0.5, 0.6) is 0 Å². The Bertz CT molecular complexity index is 769. The number of carbonyl (C=O) groups is 1. The number of hydrogen-bond donors (Lipinski definition) is 2. The molecule has 0 spiro atoms. The SMILES string of the molecule is Cc1cc(C)c(/C=C2/C(=O)NN=C2C(C)c2ccccc2)[nH]1. The third-order valence-electron chi connectivity index (χ3n) is 3.99. The van der Waals surface area contributed by atoms with E-state index in [4.69, 9.17) is 0 Å². The molecule has 2 heterocycles. The molecule has 1 aliphatic heterocycles. The Morgan fingerprint density at radius 3 is 2.55 bits per heavy atom. The average molecular weight is 293 g/mol. The van der Waals surface area contributed by atoms with E-state index in [2.05, 4.69) is 40.6 Å². The fourth-order valence-electron chi connectivity index (χ4n) is 2.76. The van der Waals surface area contributed by atoms with E-state index in [1.165, 1.54) is 0 Å². The van der Waals surface area contributed by atoms with Gasteiger partial charge >= 0.3 is 0 Å². The average Bonchev–Trinajstić information content (AvgIpc) is 3.03. The van der Waals surface area contributed by atoms with Gasteiger partial charge < -0.3 is 4.98 Å². The molecule has 0 radical (unpaired) electrons. The highest BCUT2D eigenvalue weighted by molar-refractivity contribution is 6.29. The zero-order chi connectivity index (χ0) is 15.7. The number of rotatable bonds is 3. The predicted octanol–water partition coefficient (Wildman–Crippen LogP) is 3.30. The summed E-state index contributed by atoms with van der Waals surface area (Å²) in [4.78, 5) is 15.4. The first-order valence-electron chi connectivity index (χ1n) is 7.37. The number of hydrazone groups is 1. The van der Waals surface area contributed by atoms with Crippen molar-refractivity contribution < 1.29 is 4.79 Å². The summed E-state index contributed by atoms with van der Waals surface area (Å²) in [5.41, 5.74) is 8.29. The third-order valence-corrected chi connectivity index (χ3v) is 3.99. The second-order valence-corrected chi connectivity index (χ2v) is 5.68. The summed E-state index contributed by atoms with van der Waals surface area (Å²) in [5, 5.41) is 4.24. The minimum atomic E-state index is -0.149. The highest BCUT2D eigenvalue weighted by Crippen LogP contribution is 2.25. The molecule has 0 saturated heterocycles. The van der Waals surface area contributed by atoms with Crippen LogP contribution in [0.15, 0.2) is 47.1 Å². The Balaban J connectivity index is 1.98. The summed E-state index contributed by atoms with van der Waals surface area (Å²) in [6.45, 7) is 6.10. The number of hydrogen-bond acceptors (Lipinski definition) is 2. The van der Waals surface area contributed by atoms with Gasteiger partial charge in [-0.05, 0) is 37.1 Å². The van der Waals surface area contributed by atoms with Crippen LogP contribution in [0, 0.1) is 13.8 Å². The summed E-state index contributed by atoms with van der Waals surface area (Å²) in [6.07, 6.45) is 1.89. The van der Waals surface area contributed by atoms with E-state index in [-0.39, 0.29) is 11.8 Å². The fraction of sp³-hybridized carbons (Fsp3) is 0.222. The molecule has 0 fully saturated rings. The summed E-state index contributed by atoms with van der Waals surface area (Å²) in [5.74, 6) is -0.0906. The molecule has 1 unspecified atom stereocenters. The minimum absolute atomic E-state index is 0.0581. The van der Waals surface area contributed by atoms with Crippen molar-refractivity contribution >= 4 is 17.7 Å². The van der Waals surface area contributed by atoms with Crippen molar-refractivity contribution in [2.45, 2.75) is 26.7 Å². The summed E-state index contributed by atoms with van der Waals surface area (Å²) < 4.78 is 0. The highest BCUT2D eigenvalue weighted by Gasteiger charge is 2.28. The molecule has 1 amide bonds. The number of aromatic amines is 1. The van der Waals surface area contributed by atoms with Gasteiger partial charge in [0.15, 0.2) is 0 Å². The van der Waals surface area contributed by atoms with E-state index in [0.29, 0.717) is 5.57 Å². The lowest BCUT2D eigenvalue weighted by atomic mass is 9.91. The van der Waals surface area contributed by atoms with Gasteiger partial charge in [-0.1, -0.05) is 37.3 Å². The highest BCUT2D eigenvalue weighted by atomic mass is 16.2. The molecule has 0 bridgehead atoms. The minimum Gasteiger partial charge on any atom is -0.359 e. The topological polar surface area (TPSA) is 57.2 Å². The molecule has 4 nitrogen and oxygen atoms in total. The smallest absolute Gasteiger partial charge is 0.273 e. The quantitative estimate of drug-likeness (QED) is 0.838. The zero-order valence-corrected chi connectivity index (χ0v) is 13.0. The van der Waals surface area contributed by atoms with Crippen molar-refractivity contribution in [2.75, 3.05) is 0 Å². The number of H-pyrrole nitrogens is 1. The summed E-state index contributed by atoms with van der Waals surface area (Å²) >= 11 is 0. The maximum absolute atomic E-state index is 12.1. The number of amides is 1. The molecule has 2 N–H and O–H groups in total. The molecule has 22 heavy (non-hydrogen) atoms. The number of aryl methyl sites for hydroxylation is 2. The Labute approximate surface area is 129 Å². The van der Waals surface area contributed by atoms with Crippen LogP contribution in [-0.2, 0) is 4.79 Å². The number of nitrogens with zero attached hydrogens (tertiary/aromatic N) is 1. The lowest BCUT2D eigenvalue weighted by molar-refractivity contribution is -0.116. The molecule has 112 valence electrons. The van der Waals surface area contributed by atoms with Gasteiger partial charge in [0.2, 0.25) is 0 Å². The molecule has 3 rings (SSSR count). The Morgan fingerprint density at radius 2 is 1.91 bits per heavy atom. The van der Waals surface area contributed by atoms with Gasteiger partial charge in [0.1, 0.15) is 0 Å². The van der Waals surface area contributed by atoms with Gasteiger partial charge in [-0.15, -0.1) is 0 Å². The molecule has 4 heteroatoms. The van der Waals surface area contributed by atoms with E-state index in [1.807, 2.05) is 38.1 Å². The molecule has 1 aromatic heterocycles. The zero-order valence-electron chi connectivity index (χ0n) is 13.0. The van der Waals surface area contributed by atoms with Crippen molar-refractivity contribution in [2.24, 2.45) is 5.10 Å². The molecular weight excluding hydrogens is 274 g/mol. The molecule has 1 aliphatic rings. The van der Waals surface area contributed by atoms with Crippen LogP contribution >= 0.6 is 0 Å². The van der Waals surface area contributed by atoms with E-state index in [9.17, 15) is 4.79 Å². The number of carbonyl (C=O) groups excluding carboxylic acids is 1. The van der Waals surface area contributed by atoms with Crippen molar-refractivity contribution in [1.82, 2.24) is 10.4 Å². The first-order chi connectivity index (χ1) is 10.6.